The third-order valence-electron chi connectivity index (χ3n) is 10.1. The van der Waals surface area contributed by atoms with Gasteiger partial charge in [-0.2, -0.15) is 26.3 Å². The molecule has 9 rings (SSSR count). The smallest absolute Gasteiger partial charge is 0.354 e. The summed E-state index contributed by atoms with van der Waals surface area (Å²) in [6.07, 6.45) is -6.78. The Bertz CT molecular complexity index is 2440. The van der Waals surface area contributed by atoms with Gasteiger partial charge in [0.1, 0.15) is 0 Å². The van der Waals surface area contributed by atoms with Crippen LogP contribution in [0.1, 0.15) is 33.4 Å². The first-order chi connectivity index (χ1) is 25.0. The van der Waals surface area contributed by atoms with Gasteiger partial charge in [0.2, 0.25) is 0 Å². The molecule has 0 unspecified atom stereocenters. The molecule has 6 aromatic carbocycles. The van der Waals surface area contributed by atoms with Gasteiger partial charge in [0.15, 0.2) is 0 Å². The molecule has 2 aliphatic carbocycles. The van der Waals surface area contributed by atoms with Crippen molar-refractivity contribution in [3.8, 4) is 44.5 Å². The zero-order chi connectivity index (χ0) is 35.8. The highest BCUT2D eigenvalue weighted by molar-refractivity contribution is 5.96. The van der Waals surface area contributed by atoms with E-state index in [2.05, 4.69) is 58.8 Å². The molecule has 1 aromatic heterocycles. The lowest BCUT2D eigenvalue weighted by Gasteiger charge is -2.30. The molecule has 1 heterocycles. The van der Waals surface area contributed by atoms with Crippen molar-refractivity contribution in [2.75, 3.05) is 5.32 Å². The van der Waals surface area contributed by atoms with Gasteiger partial charge in [0, 0.05) is 11.9 Å². The second-order valence-electron chi connectivity index (χ2n) is 13.1. The molecule has 8 heteroatoms. The van der Waals surface area contributed by atoms with E-state index in [1.807, 2.05) is 48.5 Å². The van der Waals surface area contributed by atoms with Gasteiger partial charge in [-0.1, -0.05) is 84.9 Å². The van der Waals surface area contributed by atoms with Crippen molar-refractivity contribution in [1.82, 2.24) is 4.98 Å². The van der Waals surface area contributed by atoms with Gasteiger partial charge >= 0.3 is 12.4 Å². The Kier molecular flexibility index (Phi) is 6.99. The number of anilines is 2. The summed E-state index contributed by atoms with van der Waals surface area (Å²) >= 11 is 0. The number of benzene rings is 6. The van der Waals surface area contributed by atoms with Crippen molar-refractivity contribution in [2.45, 2.75) is 17.8 Å². The highest BCUT2D eigenvalue weighted by Crippen LogP contribution is 2.63. The number of aromatic nitrogens is 1. The van der Waals surface area contributed by atoms with Crippen molar-refractivity contribution in [1.29, 1.82) is 0 Å². The fraction of sp³-hybridized carbons (Fsp3) is 0.0682. The molecule has 0 fully saturated rings. The second kappa shape index (κ2) is 11.4. The van der Waals surface area contributed by atoms with E-state index in [1.54, 1.807) is 36.7 Å². The third-order valence-corrected chi connectivity index (χ3v) is 10.1. The monoisotopic (exact) mass is 696 g/mol. The topological polar surface area (TPSA) is 24.9 Å². The van der Waals surface area contributed by atoms with Crippen LogP contribution in [0.25, 0.3) is 44.5 Å². The quantitative estimate of drug-likeness (QED) is 0.185. The summed E-state index contributed by atoms with van der Waals surface area (Å²) < 4.78 is 83.8. The average Bonchev–Trinajstić information content (AvgIpc) is 3.61. The van der Waals surface area contributed by atoms with Crippen molar-refractivity contribution >= 4 is 11.4 Å². The van der Waals surface area contributed by atoms with E-state index < -0.39 is 28.9 Å². The lowest BCUT2D eigenvalue weighted by Crippen LogP contribution is -2.25. The minimum absolute atomic E-state index is 0.150. The maximum Gasteiger partial charge on any atom is 0.416 e. The van der Waals surface area contributed by atoms with Crippen LogP contribution in [0.15, 0.2) is 152 Å². The van der Waals surface area contributed by atoms with E-state index in [0.717, 1.165) is 62.2 Å². The molecule has 0 radical (unpaired) electrons. The van der Waals surface area contributed by atoms with E-state index in [9.17, 15) is 26.3 Å². The van der Waals surface area contributed by atoms with Crippen LogP contribution in [-0.2, 0) is 17.8 Å². The van der Waals surface area contributed by atoms with Gasteiger partial charge in [-0.05, 0) is 121 Å². The van der Waals surface area contributed by atoms with Crippen LogP contribution in [0.2, 0.25) is 0 Å². The SMILES string of the molecule is FC(F)(F)c1cc(-c2cc(Nc3cccnc3)cc(-c3ccc4c(c3)C3(c5ccccc5-c5ccccc53)c3ccccc3-4)c2)cc(C(F)(F)F)c1. The number of rotatable bonds is 4. The van der Waals surface area contributed by atoms with Gasteiger partial charge in [0.05, 0.1) is 28.4 Å². The van der Waals surface area contributed by atoms with Gasteiger partial charge in [0.25, 0.3) is 0 Å². The summed E-state index contributed by atoms with van der Waals surface area (Å²) in [6.45, 7) is 0. The van der Waals surface area contributed by atoms with Crippen LogP contribution < -0.4 is 5.32 Å². The molecule has 0 amide bonds. The number of hydrogen-bond acceptors (Lipinski definition) is 2. The fourth-order valence-electron chi connectivity index (χ4n) is 8.03. The lowest BCUT2D eigenvalue weighted by atomic mass is 9.70. The number of pyridine rings is 1. The minimum atomic E-state index is -4.98. The van der Waals surface area contributed by atoms with Gasteiger partial charge in [-0.3, -0.25) is 4.98 Å². The zero-order valence-electron chi connectivity index (χ0n) is 27.1. The Labute approximate surface area is 295 Å². The molecule has 7 aromatic rings. The van der Waals surface area contributed by atoms with E-state index >= 15 is 0 Å². The average molecular weight is 697 g/mol. The standard InChI is InChI=1S/C44H26F6N2/c45-43(46,47)30-19-29(20-31(24-30)44(48,49)50)28-18-27(21-33(22-28)52-32-8-7-17-51-25-32)26-15-16-37-36-11-3-6-14-40(36)42(41(37)23-26)38-12-4-1-9-34(38)35-10-2-5-13-39(35)42/h1-25,52H. The molecule has 0 aliphatic heterocycles. The molecule has 2 nitrogen and oxygen atoms in total. The van der Waals surface area contributed by atoms with Crippen molar-refractivity contribution in [2.24, 2.45) is 0 Å². The number of hydrogen-bond donors (Lipinski definition) is 1. The predicted octanol–water partition coefficient (Wildman–Crippen LogP) is 12.5. The number of nitrogens with zero attached hydrogens (tertiary/aromatic N) is 1. The van der Waals surface area contributed by atoms with Crippen molar-refractivity contribution in [3.63, 3.8) is 0 Å². The van der Waals surface area contributed by atoms with Crippen molar-refractivity contribution < 1.29 is 26.3 Å². The van der Waals surface area contributed by atoms with Crippen LogP contribution in [0.3, 0.4) is 0 Å². The Morgan fingerprint density at radius 3 is 1.44 bits per heavy atom. The van der Waals surface area contributed by atoms with E-state index in [-0.39, 0.29) is 17.2 Å². The molecule has 0 saturated carbocycles. The Morgan fingerprint density at radius 2 is 0.923 bits per heavy atom. The first kappa shape index (κ1) is 31.8. The molecular weight excluding hydrogens is 670 g/mol. The van der Waals surface area contributed by atoms with Gasteiger partial charge in [-0.15, -0.1) is 0 Å². The molecule has 254 valence electrons. The van der Waals surface area contributed by atoms with Gasteiger partial charge < -0.3 is 5.32 Å². The Balaban J connectivity index is 1.28. The van der Waals surface area contributed by atoms with Crippen LogP contribution in [-0.4, -0.2) is 4.98 Å². The van der Waals surface area contributed by atoms with Gasteiger partial charge in [-0.25, -0.2) is 0 Å². The zero-order valence-corrected chi connectivity index (χ0v) is 27.1. The van der Waals surface area contributed by atoms with Crippen LogP contribution in [0.5, 0.6) is 0 Å². The first-order valence-corrected chi connectivity index (χ1v) is 16.6. The number of halogens is 6. The summed E-state index contributed by atoms with van der Waals surface area (Å²) in [7, 11) is 0. The highest BCUT2D eigenvalue weighted by Gasteiger charge is 2.51. The fourth-order valence-corrected chi connectivity index (χ4v) is 8.03. The molecule has 0 saturated heterocycles. The number of alkyl halides is 6. The molecule has 0 atom stereocenters. The Hall–Kier alpha value is -6.15. The molecule has 1 spiro atoms. The van der Waals surface area contributed by atoms with E-state index in [1.165, 1.54) is 0 Å². The van der Waals surface area contributed by atoms with Crippen molar-refractivity contribution in [3.05, 3.63) is 185 Å². The Morgan fingerprint density at radius 1 is 0.423 bits per heavy atom. The minimum Gasteiger partial charge on any atom is -0.354 e. The van der Waals surface area contributed by atoms with E-state index in [4.69, 9.17) is 0 Å². The molecular formula is C44H26F6N2. The summed E-state index contributed by atoms with van der Waals surface area (Å²) in [5.74, 6) is 0. The first-order valence-electron chi connectivity index (χ1n) is 16.6. The number of nitrogens with one attached hydrogen (secondary N) is 1. The second-order valence-corrected chi connectivity index (χ2v) is 13.1. The third kappa shape index (κ3) is 4.93. The molecule has 1 N–H and O–H groups in total. The highest BCUT2D eigenvalue weighted by atomic mass is 19.4. The predicted molar refractivity (Wildman–Crippen MR) is 191 cm³/mol. The summed E-state index contributed by atoms with van der Waals surface area (Å²) in [6, 6.07) is 41.5. The maximum atomic E-state index is 14.0. The maximum absolute atomic E-state index is 14.0. The summed E-state index contributed by atoms with van der Waals surface area (Å²) in [4.78, 5) is 4.14. The molecule has 52 heavy (non-hydrogen) atoms. The number of fused-ring (bicyclic) bond motifs is 10. The van der Waals surface area contributed by atoms with Crippen LogP contribution in [0, 0.1) is 0 Å². The molecule has 2 aliphatic rings. The normalized spacial score (nSPS) is 13.7. The summed E-state index contributed by atoms with van der Waals surface area (Å²) in [5.41, 5.74) is 7.99. The largest absolute Gasteiger partial charge is 0.416 e. The van der Waals surface area contributed by atoms with E-state index in [0.29, 0.717) is 16.9 Å². The molecule has 0 bridgehead atoms. The lowest BCUT2D eigenvalue weighted by molar-refractivity contribution is -0.143. The van der Waals surface area contributed by atoms with Crippen LogP contribution in [0.4, 0.5) is 37.7 Å². The summed E-state index contributed by atoms with van der Waals surface area (Å²) in [5, 5.41) is 3.25. The van der Waals surface area contributed by atoms with Crippen LogP contribution >= 0.6 is 0 Å².